The first-order valence-electron chi connectivity index (χ1n) is 7.57. The van der Waals surface area contributed by atoms with Gasteiger partial charge in [-0.3, -0.25) is 9.88 Å². The summed E-state index contributed by atoms with van der Waals surface area (Å²) in [6, 6.07) is 6.93. The smallest absolute Gasteiger partial charge is 0.0547 e. The van der Waals surface area contributed by atoms with Crippen molar-refractivity contribution in [3.63, 3.8) is 0 Å². The second kappa shape index (κ2) is 7.01. The predicted octanol–water partition coefficient (Wildman–Crippen LogP) is 2.60. The lowest BCUT2D eigenvalue weighted by molar-refractivity contribution is 0.190. The number of rotatable bonds is 5. The van der Waals surface area contributed by atoms with Crippen LogP contribution in [0, 0.1) is 12.8 Å². The summed E-state index contributed by atoms with van der Waals surface area (Å²) in [5, 5.41) is 3.67. The number of aromatic nitrogens is 1. The van der Waals surface area contributed by atoms with E-state index in [9.17, 15) is 0 Å². The Morgan fingerprint density at radius 1 is 1.42 bits per heavy atom. The monoisotopic (exact) mass is 261 g/mol. The number of likely N-dealkylation sites (N-methyl/N-ethyl adjacent to an activating group) is 1. The van der Waals surface area contributed by atoms with E-state index in [1.54, 1.807) is 0 Å². The van der Waals surface area contributed by atoms with Crippen LogP contribution in [0.1, 0.15) is 38.1 Å². The number of nitrogens with one attached hydrogen (secondary N) is 1. The van der Waals surface area contributed by atoms with Gasteiger partial charge in [0, 0.05) is 24.8 Å². The molecule has 0 aliphatic carbocycles. The van der Waals surface area contributed by atoms with E-state index in [1.165, 1.54) is 25.1 Å². The highest BCUT2D eigenvalue weighted by Crippen LogP contribution is 2.17. The molecular formula is C16H27N3. The Hall–Kier alpha value is -0.930. The molecule has 2 atom stereocenters. The lowest BCUT2D eigenvalue weighted by Gasteiger charge is -2.34. The van der Waals surface area contributed by atoms with Gasteiger partial charge in [0.2, 0.25) is 0 Å². The Balaban J connectivity index is 1.92. The highest BCUT2D eigenvalue weighted by molar-refractivity contribution is 5.09. The normalized spacial score (nSPS) is 23.8. The van der Waals surface area contributed by atoms with E-state index in [0.29, 0.717) is 6.04 Å². The molecule has 1 aromatic heterocycles. The molecule has 106 valence electrons. The summed E-state index contributed by atoms with van der Waals surface area (Å²) in [5.41, 5.74) is 2.29. The zero-order valence-electron chi connectivity index (χ0n) is 12.5. The summed E-state index contributed by atoms with van der Waals surface area (Å²) in [6.07, 6.45) is 2.68. The standard InChI is InChI=1S/C16H27N3/c1-4-19(11-15-9-5-8-14(3)18-15)12-16-13(2)7-6-10-17-16/h5,8-9,13,16-17H,4,6-7,10-12H2,1-3H3. The van der Waals surface area contributed by atoms with E-state index in [4.69, 9.17) is 0 Å². The first-order chi connectivity index (χ1) is 9.19. The Bertz CT molecular complexity index is 391. The SMILES string of the molecule is CCN(Cc1cccc(C)n1)CC1NCCCC1C. The molecule has 1 fully saturated rings. The van der Waals surface area contributed by atoms with Gasteiger partial charge in [-0.05, 0) is 50.9 Å². The third-order valence-corrected chi connectivity index (χ3v) is 4.16. The third-order valence-electron chi connectivity index (χ3n) is 4.16. The molecule has 1 aliphatic rings. The second-order valence-electron chi connectivity index (χ2n) is 5.78. The van der Waals surface area contributed by atoms with Crippen molar-refractivity contribution in [2.24, 2.45) is 5.92 Å². The molecule has 0 spiro atoms. The Morgan fingerprint density at radius 2 is 2.26 bits per heavy atom. The topological polar surface area (TPSA) is 28.2 Å². The van der Waals surface area contributed by atoms with Crippen LogP contribution < -0.4 is 5.32 Å². The number of pyridine rings is 1. The molecule has 19 heavy (non-hydrogen) atoms. The van der Waals surface area contributed by atoms with Gasteiger partial charge in [0.05, 0.1) is 5.69 Å². The van der Waals surface area contributed by atoms with Crippen molar-refractivity contribution in [1.29, 1.82) is 0 Å². The molecule has 3 heteroatoms. The summed E-state index contributed by atoms with van der Waals surface area (Å²) >= 11 is 0. The minimum atomic E-state index is 0.638. The molecule has 2 heterocycles. The van der Waals surface area contributed by atoms with Crippen LogP contribution in [-0.2, 0) is 6.54 Å². The van der Waals surface area contributed by atoms with Gasteiger partial charge in [0.1, 0.15) is 0 Å². The minimum absolute atomic E-state index is 0.638. The van der Waals surface area contributed by atoms with Crippen molar-refractivity contribution in [3.8, 4) is 0 Å². The fourth-order valence-electron chi connectivity index (χ4n) is 2.86. The van der Waals surface area contributed by atoms with Gasteiger partial charge in [-0.15, -0.1) is 0 Å². The predicted molar refractivity (Wildman–Crippen MR) is 80.1 cm³/mol. The maximum absolute atomic E-state index is 4.61. The number of aryl methyl sites for hydroxylation is 1. The molecule has 1 aromatic rings. The fourth-order valence-corrected chi connectivity index (χ4v) is 2.86. The van der Waals surface area contributed by atoms with Gasteiger partial charge in [0.15, 0.2) is 0 Å². The van der Waals surface area contributed by atoms with Crippen molar-refractivity contribution >= 4 is 0 Å². The Morgan fingerprint density at radius 3 is 2.95 bits per heavy atom. The lowest BCUT2D eigenvalue weighted by Crippen LogP contribution is -2.47. The molecule has 0 amide bonds. The van der Waals surface area contributed by atoms with Crippen LogP contribution in [0.4, 0.5) is 0 Å². The zero-order chi connectivity index (χ0) is 13.7. The summed E-state index contributed by atoms with van der Waals surface area (Å²) < 4.78 is 0. The quantitative estimate of drug-likeness (QED) is 0.883. The lowest BCUT2D eigenvalue weighted by atomic mass is 9.92. The summed E-state index contributed by atoms with van der Waals surface area (Å²) in [7, 11) is 0. The van der Waals surface area contributed by atoms with Crippen molar-refractivity contribution in [3.05, 3.63) is 29.6 Å². The fraction of sp³-hybridized carbons (Fsp3) is 0.688. The molecular weight excluding hydrogens is 234 g/mol. The summed E-state index contributed by atoms with van der Waals surface area (Å²) in [5.74, 6) is 0.785. The average Bonchev–Trinajstić information content (AvgIpc) is 2.40. The second-order valence-corrected chi connectivity index (χ2v) is 5.78. The van der Waals surface area contributed by atoms with Gasteiger partial charge >= 0.3 is 0 Å². The number of piperidine rings is 1. The van der Waals surface area contributed by atoms with Crippen molar-refractivity contribution < 1.29 is 0 Å². The molecule has 0 bridgehead atoms. The van der Waals surface area contributed by atoms with Crippen molar-refractivity contribution in [1.82, 2.24) is 15.2 Å². The van der Waals surface area contributed by atoms with Crippen LogP contribution in [-0.4, -0.2) is 35.6 Å². The number of nitrogens with zero attached hydrogens (tertiary/aromatic N) is 2. The van der Waals surface area contributed by atoms with E-state index in [1.807, 2.05) is 0 Å². The van der Waals surface area contributed by atoms with Crippen LogP contribution in [0.2, 0.25) is 0 Å². The summed E-state index contributed by atoms with van der Waals surface area (Å²) in [6.45, 7) is 11.0. The Kier molecular flexibility index (Phi) is 5.34. The van der Waals surface area contributed by atoms with Crippen LogP contribution >= 0.6 is 0 Å². The van der Waals surface area contributed by atoms with E-state index in [2.05, 4.69) is 54.2 Å². The first kappa shape index (κ1) is 14.5. The van der Waals surface area contributed by atoms with Gasteiger partial charge < -0.3 is 5.32 Å². The van der Waals surface area contributed by atoms with Crippen molar-refractivity contribution in [2.45, 2.75) is 46.2 Å². The highest BCUT2D eigenvalue weighted by Gasteiger charge is 2.22. The molecule has 1 aliphatic heterocycles. The van der Waals surface area contributed by atoms with E-state index in [-0.39, 0.29) is 0 Å². The molecule has 2 unspecified atom stereocenters. The molecule has 2 rings (SSSR count). The molecule has 0 aromatic carbocycles. The van der Waals surface area contributed by atoms with Gasteiger partial charge in [-0.1, -0.05) is 19.9 Å². The highest BCUT2D eigenvalue weighted by atomic mass is 15.2. The summed E-state index contributed by atoms with van der Waals surface area (Å²) in [4.78, 5) is 7.11. The van der Waals surface area contributed by atoms with Crippen LogP contribution in [0.15, 0.2) is 18.2 Å². The number of hydrogen-bond acceptors (Lipinski definition) is 3. The van der Waals surface area contributed by atoms with Gasteiger partial charge in [0.25, 0.3) is 0 Å². The molecule has 3 nitrogen and oxygen atoms in total. The van der Waals surface area contributed by atoms with E-state index >= 15 is 0 Å². The zero-order valence-corrected chi connectivity index (χ0v) is 12.5. The maximum Gasteiger partial charge on any atom is 0.0547 e. The van der Waals surface area contributed by atoms with Gasteiger partial charge in [-0.25, -0.2) is 0 Å². The third kappa shape index (κ3) is 4.29. The molecule has 1 N–H and O–H groups in total. The first-order valence-corrected chi connectivity index (χ1v) is 7.57. The van der Waals surface area contributed by atoms with Gasteiger partial charge in [-0.2, -0.15) is 0 Å². The van der Waals surface area contributed by atoms with E-state index < -0.39 is 0 Å². The molecule has 0 saturated carbocycles. The maximum atomic E-state index is 4.61. The van der Waals surface area contributed by atoms with Crippen LogP contribution in [0.5, 0.6) is 0 Å². The Labute approximate surface area is 117 Å². The van der Waals surface area contributed by atoms with Crippen molar-refractivity contribution in [2.75, 3.05) is 19.6 Å². The van der Waals surface area contributed by atoms with E-state index in [0.717, 1.165) is 31.2 Å². The molecule has 0 radical (unpaired) electrons. The number of hydrogen-bond donors (Lipinski definition) is 1. The van der Waals surface area contributed by atoms with Crippen LogP contribution in [0.3, 0.4) is 0 Å². The largest absolute Gasteiger partial charge is 0.312 e. The minimum Gasteiger partial charge on any atom is -0.312 e. The molecule has 1 saturated heterocycles. The average molecular weight is 261 g/mol. The van der Waals surface area contributed by atoms with Crippen LogP contribution in [0.25, 0.3) is 0 Å².